The maximum absolute atomic E-state index is 11.8. The zero-order valence-corrected chi connectivity index (χ0v) is 11.1. The van der Waals surface area contributed by atoms with Gasteiger partial charge in [0.25, 0.3) is 0 Å². The minimum Gasteiger partial charge on any atom is -0.349 e. The Bertz CT molecular complexity index is 519. The van der Waals surface area contributed by atoms with Gasteiger partial charge < -0.3 is 10.6 Å². The molecule has 1 spiro atoms. The van der Waals surface area contributed by atoms with Gasteiger partial charge in [0.1, 0.15) is 0 Å². The summed E-state index contributed by atoms with van der Waals surface area (Å²) in [5.41, 5.74) is 3.20. The predicted molar refractivity (Wildman–Crippen MR) is 73.8 cm³/mol. The predicted octanol–water partition coefficient (Wildman–Crippen LogP) is 1.89. The van der Waals surface area contributed by atoms with Crippen molar-refractivity contribution in [2.24, 2.45) is 5.92 Å². The highest BCUT2D eigenvalue weighted by Gasteiger charge is 2.48. The molecule has 3 heteroatoms. The molecule has 1 amide bonds. The van der Waals surface area contributed by atoms with Crippen molar-refractivity contribution >= 4 is 5.91 Å². The van der Waals surface area contributed by atoms with E-state index in [2.05, 4.69) is 34.9 Å². The highest BCUT2D eigenvalue weighted by atomic mass is 16.2. The van der Waals surface area contributed by atoms with Gasteiger partial charge >= 0.3 is 0 Å². The number of amides is 1. The number of hydrogen-bond donors (Lipinski definition) is 2. The maximum Gasteiger partial charge on any atom is 0.220 e. The Morgan fingerprint density at radius 3 is 2.79 bits per heavy atom. The van der Waals surface area contributed by atoms with Crippen LogP contribution in [0.2, 0.25) is 0 Å². The van der Waals surface area contributed by atoms with Crippen LogP contribution in [-0.2, 0) is 10.2 Å². The van der Waals surface area contributed by atoms with Gasteiger partial charge in [-0.05, 0) is 54.8 Å². The fourth-order valence-electron chi connectivity index (χ4n) is 4.47. The minimum absolute atomic E-state index is 0.232. The van der Waals surface area contributed by atoms with E-state index >= 15 is 0 Å². The SMILES string of the molecule is O=C1CC2CC3(CCNCC3)c3ccccc3C2N1. The number of benzene rings is 1. The standard InChI is InChI=1S/C16H20N2O/c19-14-9-11-10-16(5-7-17-8-6-16)13-4-2-1-3-12(13)15(11)18-14/h1-4,11,15,17H,5-10H2,(H,18,19). The van der Waals surface area contributed by atoms with Crippen LogP contribution in [-0.4, -0.2) is 19.0 Å². The molecule has 2 N–H and O–H groups in total. The third kappa shape index (κ3) is 1.64. The minimum atomic E-state index is 0.232. The van der Waals surface area contributed by atoms with E-state index in [-0.39, 0.29) is 11.9 Å². The van der Waals surface area contributed by atoms with Crippen LogP contribution in [0.1, 0.15) is 42.9 Å². The first-order valence-corrected chi connectivity index (χ1v) is 7.38. The van der Waals surface area contributed by atoms with Gasteiger partial charge in [0.05, 0.1) is 6.04 Å². The number of rotatable bonds is 0. The highest BCUT2D eigenvalue weighted by molar-refractivity contribution is 5.80. The van der Waals surface area contributed by atoms with E-state index in [1.54, 1.807) is 0 Å². The molecule has 0 saturated carbocycles. The lowest BCUT2D eigenvalue weighted by molar-refractivity contribution is -0.119. The van der Waals surface area contributed by atoms with Crippen LogP contribution in [0.25, 0.3) is 0 Å². The normalized spacial score (nSPS) is 31.7. The second-order valence-electron chi connectivity index (χ2n) is 6.33. The highest BCUT2D eigenvalue weighted by Crippen LogP contribution is 2.51. The van der Waals surface area contributed by atoms with Crippen LogP contribution in [0.4, 0.5) is 0 Å². The summed E-state index contributed by atoms with van der Waals surface area (Å²) in [5.74, 6) is 0.733. The van der Waals surface area contributed by atoms with Crippen molar-refractivity contribution in [1.82, 2.24) is 10.6 Å². The van der Waals surface area contributed by atoms with Gasteiger partial charge in [0, 0.05) is 6.42 Å². The lowest BCUT2D eigenvalue weighted by atomic mass is 9.61. The molecule has 2 unspecified atom stereocenters. The number of fused-ring (bicyclic) bond motifs is 4. The number of carbonyl (C=O) groups is 1. The summed E-state index contributed by atoms with van der Waals surface area (Å²) in [6, 6.07) is 9.05. The van der Waals surface area contributed by atoms with E-state index in [9.17, 15) is 4.79 Å². The fraction of sp³-hybridized carbons (Fsp3) is 0.562. The summed E-state index contributed by atoms with van der Waals surface area (Å²) < 4.78 is 0. The van der Waals surface area contributed by atoms with Crippen molar-refractivity contribution in [2.75, 3.05) is 13.1 Å². The topological polar surface area (TPSA) is 41.1 Å². The van der Waals surface area contributed by atoms with E-state index < -0.39 is 0 Å². The van der Waals surface area contributed by atoms with Crippen LogP contribution >= 0.6 is 0 Å². The zero-order valence-electron chi connectivity index (χ0n) is 11.1. The van der Waals surface area contributed by atoms with Crippen LogP contribution in [0.3, 0.4) is 0 Å². The van der Waals surface area contributed by atoms with Gasteiger partial charge in [-0.3, -0.25) is 4.79 Å². The maximum atomic E-state index is 11.8. The Morgan fingerprint density at radius 2 is 1.95 bits per heavy atom. The molecule has 19 heavy (non-hydrogen) atoms. The van der Waals surface area contributed by atoms with Gasteiger partial charge in [-0.1, -0.05) is 24.3 Å². The van der Waals surface area contributed by atoms with Crippen LogP contribution < -0.4 is 10.6 Å². The van der Waals surface area contributed by atoms with Crippen molar-refractivity contribution in [3.8, 4) is 0 Å². The second kappa shape index (κ2) is 4.07. The van der Waals surface area contributed by atoms with Crippen molar-refractivity contribution in [3.05, 3.63) is 35.4 Å². The molecule has 0 aromatic heterocycles. The first-order valence-electron chi connectivity index (χ1n) is 7.38. The smallest absolute Gasteiger partial charge is 0.220 e. The van der Waals surface area contributed by atoms with Crippen molar-refractivity contribution in [1.29, 1.82) is 0 Å². The average Bonchev–Trinajstić information content (AvgIpc) is 2.81. The Kier molecular flexibility index (Phi) is 2.46. The molecule has 3 aliphatic rings. The average molecular weight is 256 g/mol. The Balaban J connectivity index is 1.83. The summed E-state index contributed by atoms with van der Waals surface area (Å²) >= 11 is 0. The molecule has 100 valence electrons. The van der Waals surface area contributed by atoms with Crippen molar-refractivity contribution in [3.63, 3.8) is 0 Å². The third-order valence-electron chi connectivity index (χ3n) is 5.32. The lowest BCUT2D eigenvalue weighted by Gasteiger charge is -2.46. The van der Waals surface area contributed by atoms with Crippen LogP contribution in [0, 0.1) is 5.92 Å². The summed E-state index contributed by atoms with van der Waals surface area (Å²) in [6.07, 6.45) is 4.31. The number of carbonyl (C=O) groups excluding carboxylic acids is 1. The molecule has 0 radical (unpaired) electrons. The third-order valence-corrected chi connectivity index (χ3v) is 5.32. The van der Waals surface area contributed by atoms with E-state index in [4.69, 9.17) is 0 Å². The van der Waals surface area contributed by atoms with Crippen LogP contribution in [0.5, 0.6) is 0 Å². The molecule has 1 aliphatic carbocycles. The first kappa shape index (κ1) is 11.5. The van der Waals surface area contributed by atoms with Crippen molar-refractivity contribution in [2.45, 2.75) is 37.1 Å². The molecule has 3 nitrogen and oxygen atoms in total. The molecular weight excluding hydrogens is 236 g/mol. The molecule has 1 aromatic carbocycles. The summed E-state index contributed by atoms with van der Waals surface area (Å²) in [7, 11) is 0. The lowest BCUT2D eigenvalue weighted by Crippen LogP contribution is -2.45. The molecule has 2 saturated heterocycles. The number of piperidine rings is 1. The molecule has 4 rings (SSSR count). The van der Waals surface area contributed by atoms with E-state index in [1.165, 1.54) is 30.4 Å². The quantitative estimate of drug-likeness (QED) is 0.744. The van der Waals surface area contributed by atoms with Gasteiger partial charge in [-0.2, -0.15) is 0 Å². The molecular formula is C16H20N2O. The first-order chi connectivity index (χ1) is 9.28. The molecule has 2 heterocycles. The number of hydrogen-bond acceptors (Lipinski definition) is 2. The molecule has 2 fully saturated rings. The molecule has 1 aromatic rings. The summed E-state index contributed by atoms with van der Waals surface area (Å²) in [4.78, 5) is 11.8. The largest absolute Gasteiger partial charge is 0.349 e. The zero-order chi connectivity index (χ0) is 12.9. The van der Waals surface area contributed by atoms with E-state index in [0.29, 0.717) is 17.8 Å². The van der Waals surface area contributed by atoms with Crippen LogP contribution in [0.15, 0.2) is 24.3 Å². The second-order valence-corrected chi connectivity index (χ2v) is 6.33. The van der Waals surface area contributed by atoms with E-state index in [0.717, 1.165) is 13.1 Å². The summed E-state index contributed by atoms with van der Waals surface area (Å²) in [5, 5.41) is 6.65. The molecule has 2 aliphatic heterocycles. The van der Waals surface area contributed by atoms with Gasteiger partial charge in [0.2, 0.25) is 5.91 Å². The Hall–Kier alpha value is -1.35. The Morgan fingerprint density at radius 1 is 1.16 bits per heavy atom. The van der Waals surface area contributed by atoms with Crippen molar-refractivity contribution < 1.29 is 4.79 Å². The fourth-order valence-corrected chi connectivity index (χ4v) is 4.47. The molecule has 2 atom stereocenters. The van der Waals surface area contributed by atoms with Gasteiger partial charge in [-0.25, -0.2) is 0 Å². The van der Waals surface area contributed by atoms with Gasteiger partial charge in [-0.15, -0.1) is 0 Å². The Labute approximate surface area is 113 Å². The van der Waals surface area contributed by atoms with E-state index in [1.807, 2.05) is 0 Å². The van der Waals surface area contributed by atoms with Gasteiger partial charge in [0.15, 0.2) is 0 Å². The molecule has 0 bridgehead atoms. The number of nitrogens with one attached hydrogen (secondary N) is 2. The monoisotopic (exact) mass is 256 g/mol. The summed E-state index contributed by atoms with van der Waals surface area (Å²) in [6.45, 7) is 2.21.